The number of hydrogen-bond acceptors (Lipinski definition) is 5. The quantitative estimate of drug-likeness (QED) is 0.467. The zero-order chi connectivity index (χ0) is 26.2. The third kappa shape index (κ3) is 6.49. The van der Waals surface area contributed by atoms with E-state index in [2.05, 4.69) is 0 Å². The largest absolute Gasteiger partial charge is 0.461 e. The van der Waals surface area contributed by atoms with Crippen molar-refractivity contribution >= 4 is 29.1 Å². The first-order valence-corrected chi connectivity index (χ1v) is 11.6. The predicted molar refractivity (Wildman–Crippen MR) is 141 cm³/mol. The number of hydrogen-bond donors (Lipinski definition) is 1. The monoisotopic (exact) mass is 488 g/mol. The summed E-state index contributed by atoms with van der Waals surface area (Å²) >= 11 is 0. The normalized spacial score (nSPS) is 11.4. The van der Waals surface area contributed by atoms with E-state index in [0.717, 1.165) is 16.0 Å². The zero-order valence-electron chi connectivity index (χ0n) is 21.0. The van der Waals surface area contributed by atoms with Crippen molar-refractivity contribution < 1.29 is 19.1 Å². The van der Waals surface area contributed by atoms with E-state index < -0.39 is 37.0 Å². The van der Waals surface area contributed by atoms with Gasteiger partial charge in [-0.15, -0.1) is 0 Å². The fraction of sp³-hybridized carbons (Fsp3) is 0.250. The van der Waals surface area contributed by atoms with Crippen LogP contribution in [0.25, 0.3) is 0 Å². The summed E-state index contributed by atoms with van der Waals surface area (Å²) in [6, 6.07) is 23.5. The van der Waals surface area contributed by atoms with Crippen LogP contribution in [-0.2, 0) is 14.4 Å². The molecule has 0 bridgehead atoms. The van der Waals surface area contributed by atoms with E-state index in [1.54, 1.807) is 50.5 Å². The zero-order valence-corrected chi connectivity index (χ0v) is 21.0. The molecule has 188 valence electrons. The van der Waals surface area contributed by atoms with Crippen molar-refractivity contribution in [1.29, 1.82) is 0 Å². The van der Waals surface area contributed by atoms with Crippen LogP contribution in [0.3, 0.4) is 0 Å². The lowest BCUT2D eigenvalue weighted by Crippen LogP contribution is -2.57. The number of carbonyl (C=O) groups is 3. The third-order valence-corrected chi connectivity index (χ3v) is 5.73. The molecular weight excluding hydrogens is 456 g/mol. The molecule has 0 aromatic heterocycles. The maximum Gasteiger partial charge on any atom is 0.289 e. The molecule has 0 aliphatic rings. The van der Waals surface area contributed by atoms with Gasteiger partial charge in [0.15, 0.2) is 0 Å². The van der Waals surface area contributed by atoms with Crippen molar-refractivity contribution in [2.45, 2.75) is 20.1 Å². The van der Waals surface area contributed by atoms with Gasteiger partial charge in [-0.25, -0.2) is 0 Å². The molecule has 0 fully saturated rings. The Balaban J connectivity index is 1.97. The maximum atomic E-state index is 13.8. The van der Waals surface area contributed by atoms with Crippen LogP contribution in [0.1, 0.15) is 11.1 Å². The van der Waals surface area contributed by atoms with Gasteiger partial charge >= 0.3 is 0 Å². The molecule has 3 rings (SSSR count). The first kappa shape index (κ1) is 26.4. The van der Waals surface area contributed by atoms with Crippen molar-refractivity contribution in [3.8, 4) is 5.75 Å². The fourth-order valence-corrected chi connectivity index (χ4v) is 3.78. The van der Waals surface area contributed by atoms with Gasteiger partial charge in [-0.1, -0.05) is 42.5 Å². The highest BCUT2D eigenvalue weighted by atomic mass is 16.5. The fourth-order valence-electron chi connectivity index (χ4n) is 3.78. The SMILES string of the molecule is Cc1cc(C)cc(N(C)C(=O)C(Oc2ccccc2)N(CC(=O)N(C)c2ccccc2)C(=O)CN)c1. The molecule has 0 aliphatic carbocycles. The van der Waals surface area contributed by atoms with Gasteiger partial charge in [0.2, 0.25) is 11.8 Å². The van der Waals surface area contributed by atoms with E-state index in [1.165, 1.54) is 9.80 Å². The van der Waals surface area contributed by atoms with Gasteiger partial charge in [-0.2, -0.15) is 0 Å². The smallest absolute Gasteiger partial charge is 0.289 e. The number of nitrogens with two attached hydrogens (primary N) is 1. The van der Waals surface area contributed by atoms with Crippen LogP contribution in [0.5, 0.6) is 5.75 Å². The molecule has 1 unspecified atom stereocenters. The molecule has 0 aliphatic heterocycles. The Morgan fingerprint density at radius 3 is 1.89 bits per heavy atom. The number of nitrogens with zero attached hydrogens (tertiary/aromatic N) is 3. The highest BCUT2D eigenvalue weighted by Crippen LogP contribution is 2.22. The van der Waals surface area contributed by atoms with Crippen LogP contribution in [0.15, 0.2) is 78.9 Å². The first-order chi connectivity index (χ1) is 17.2. The van der Waals surface area contributed by atoms with Gasteiger partial charge in [0, 0.05) is 25.5 Å². The van der Waals surface area contributed by atoms with E-state index >= 15 is 0 Å². The van der Waals surface area contributed by atoms with Gasteiger partial charge < -0.3 is 20.3 Å². The van der Waals surface area contributed by atoms with Crippen LogP contribution in [0.2, 0.25) is 0 Å². The molecule has 0 radical (unpaired) electrons. The van der Waals surface area contributed by atoms with Gasteiger partial charge in [0.25, 0.3) is 12.1 Å². The average molecular weight is 489 g/mol. The number of ether oxygens (including phenoxy) is 1. The molecule has 36 heavy (non-hydrogen) atoms. The summed E-state index contributed by atoms with van der Waals surface area (Å²) in [5.41, 5.74) is 8.97. The van der Waals surface area contributed by atoms with E-state index in [-0.39, 0.29) is 0 Å². The first-order valence-electron chi connectivity index (χ1n) is 11.6. The number of para-hydroxylation sites is 2. The summed E-state index contributed by atoms with van der Waals surface area (Å²) in [5, 5.41) is 0. The van der Waals surface area contributed by atoms with Crippen LogP contribution in [0, 0.1) is 13.8 Å². The van der Waals surface area contributed by atoms with Crippen molar-refractivity contribution in [2.24, 2.45) is 5.73 Å². The van der Waals surface area contributed by atoms with Gasteiger partial charge in [0.05, 0.1) is 6.54 Å². The molecular formula is C28H32N4O4. The van der Waals surface area contributed by atoms with Crippen LogP contribution in [-0.4, -0.2) is 56.0 Å². The number of amides is 3. The number of carbonyl (C=O) groups excluding carboxylic acids is 3. The molecule has 8 heteroatoms. The molecule has 3 amide bonds. The highest BCUT2D eigenvalue weighted by Gasteiger charge is 2.36. The summed E-state index contributed by atoms with van der Waals surface area (Å²) in [7, 11) is 3.22. The second-order valence-corrected chi connectivity index (χ2v) is 8.54. The second kappa shape index (κ2) is 12.0. The Hall–Kier alpha value is -4.17. The van der Waals surface area contributed by atoms with Gasteiger partial charge in [-0.3, -0.25) is 19.3 Å². The van der Waals surface area contributed by atoms with E-state index in [9.17, 15) is 14.4 Å². The summed E-state index contributed by atoms with van der Waals surface area (Å²) < 4.78 is 6.04. The van der Waals surface area contributed by atoms with E-state index in [1.807, 2.05) is 56.3 Å². The molecule has 3 aromatic carbocycles. The third-order valence-electron chi connectivity index (χ3n) is 5.73. The average Bonchev–Trinajstić information content (AvgIpc) is 2.89. The molecule has 0 saturated heterocycles. The molecule has 2 N–H and O–H groups in total. The Morgan fingerprint density at radius 1 is 0.778 bits per heavy atom. The Kier molecular flexibility index (Phi) is 8.81. The Labute approximate surface area is 211 Å². The molecule has 8 nitrogen and oxygen atoms in total. The van der Waals surface area contributed by atoms with Gasteiger partial charge in [-0.05, 0) is 61.4 Å². The highest BCUT2D eigenvalue weighted by molar-refractivity contribution is 6.01. The minimum absolute atomic E-state index is 0.378. The number of rotatable bonds is 9. The molecule has 1 atom stereocenters. The van der Waals surface area contributed by atoms with Crippen molar-refractivity contribution in [3.63, 3.8) is 0 Å². The maximum absolute atomic E-state index is 13.8. The predicted octanol–water partition coefficient (Wildman–Crippen LogP) is 3.12. The van der Waals surface area contributed by atoms with Crippen LogP contribution < -0.4 is 20.3 Å². The second-order valence-electron chi connectivity index (χ2n) is 8.54. The van der Waals surface area contributed by atoms with E-state index in [4.69, 9.17) is 10.5 Å². The summed E-state index contributed by atoms with van der Waals surface area (Å²) in [5.74, 6) is -1.12. The molecule has 0 saturated carbocycles. The van der Waals surface area contributed by atoms with Crippen LogP contribution in [0.4, 0.5) is 11.4 Å². The number of anilines is 2. The Bertz CT molecular complexity index is 1180. The molecule has 3 aromatic rings. The van der Waals surface area contributed by atoms with Crippen molar-refractivity contribution in [3.05, 3.63) is 90.0 Å². The minimum atomic E-state index is -1.41. The molecule has 0 spiro atoms. The standard InChI is InChI=1S/C28H32N4O4/c1-20-15-21(2)17-23(16-20)31(4)27(35)28(36-24-13-9-6-10-14-24)32(25(33)18-29)19-26(34)30(3)22-11-7-5-8-12-22/h5-17,28H,18-19,29H2,1-4H3. The van der Waals surface area contributed by atoms with Crippen LogP contribution >= 0.6 is 0 Å². The van der Waals surface area contributed by atoms with Crippen molar-refractivity contribution in [1.82, 2.24) is 4.90 Å². The summed E-state index contributed by atoms with van der Waals surface area (Å²) in [6.07, 6.45) is -1.41. The van der Waals surface area contributed by atoms with Crippen molar-refractivity contribution in [2.75, 3.05) is 37.0 Å². The Morgan fingerprint density at radius 2 is 1.33 bits per heavy atom. The summed E-state index contributed by atoms with van der Waals surface area (Å²) in [4.78, 5) is 43.9. The summed E-state index contributed by atoms with van der Waals surface area (Å²) in [6.45, 7) is 3.09. The number of likely N-dealkylation sites (N-methyl/N-ethyl adjacent to an activating group) is 2. The minimum Gasteiger partial charge on any atom is -0.461 e. The van der Waals surface area contributed by atoms with E-state index in [0.29, 0.717) is 17.1 Å². The lowest BCUT2D eigenvalue weighted by atomic mass is 10.1. The topological polar surface area (TPSA) is 96.2 Å². The number of aryl methyl sites for hydroxylation is 2. The lowest BCUT2D eigenvalue weighted by Gasteiger charge is -2.34. The lowest BCUT2D eigenvalue weighted by molar-refractivity contribution is -0.150. The molecule has 0 heterocycles. The van der Waals surface area contributed by atoms with Gasteiger partial charge in [0.1, 0.15) is 12.3 Å². The number of benzene rings is 3.